The second-order valence-electron chi connectivity index (χ2n) is 4.97. The van der Waals surface area contributed by atoms with Crippen molar-refractivity contribution in [2.75, 3.05) is 13.1 Å². The maximum Gasteiger partial charge on any atom is 0.251 e. The van der Waals surface area contributed by atoms with Gasteiger partial charge in [-0.05, 0) is 37.6 Å². The third-order valence-corrected chi connectivity index (χ3v) is 3.38. The van der Waals surface area contributed by atoms with Crippen LogP contribution in [0, 0.1) is 12.8 Å². The van der Waals surface area contributed by atoms with Crippen LogP contribution in [-0.2, 0) is 7.05 Å². The molecule has 0 fully saturated rings. The van der Waals surface area contributed by atoms with E-state index >= 15 is 0 Å². The van der Waals surface area contributed by atoms with Crippen LogP contribution in [0.4, 0.5) is 0 Å². The third kappa shape index (κ3) is 2.76. The molecule has 1 heterocycles. The molecule has 0 saturated heterocycles. The molecule has 5 nitrogen and oxygen atoms in total. The van der Waals surface area contributed by atoms with Crippen LogP contribution in [0.15, 0.2) is 18.2 Å². The number of carbonyl (C=O) groups excluding carboxylic acids is 1. The zero-order valence-electron chi connectivity index (χ0n) is 11.6. The molecule has 0 bridgehead atoms. The van der Waals surface area contributed by atoms with Crippen LogP contribution in [0.5, 0.6) is 0 Å². The molecule has 1 unspecified atom stereocenters. The number of nitrogens with one attached hydrogen (secondary N) is 1. The lowest BCUT2D eigenvalue weighted by atomic mass is 10.1. The molecule has 102 valence electrons. The first-order chi connectivity index (χ1) is 9.02. The number of aryl methyl sites for hydroxylation is 2. The van der Waals surface area contributed by atoms with Gasteiger partial charge in [-0.1, -0.05) is 6.92 Å². The molecular formula is C14H20N4O. The Balaban J connectivity index is 2.19. The second kappa shape index (κ2) is 5.40. The Kier molecular flexibility index (Phi) is 3.85. The van der Waals surface area contributed by atoms with Crippen molar-refractivity contribution in [3.05, 3.63) is 29.6 Å². The summed E-state index contributed by atoms with van der Waals surface area (Å²) < 4.78 is 2.01. The van der Waals surface area contributed by atoms with E-state index in [9.17, 15) is 4.79 Å². The molecule has 0 saturated carbocycles. The summed E-state index contributed by atoms with van der Waals surface area (Å²) in [5.41, 5.74) is 8.04. The first-order valence-electron chi connectivity index (χ1n) is 6.44. The number of rotatable bonds is 4. The first-order valence-corrected chi connectivity index (χ1v) is 6.44. The molecule has 1 aromatic carbocycles. The molecule has 0 radical (unpaired) electrons. The van der Waals surface area contributed by atoms with Gasteiger partial charge >= 0.3 is 0 Å². The van der Waals surface area contributed by atoms with Gasteiger partial charge in [0.05, 0.1) is 11.0 Å². The number of fused-ring (bicyclic) bond motifs is 1. The standard InChI is InChI=1S/C14H20N4O/c1-9(7-15)8-16-14(19)11-4-5-13-12(6-11)17-10(2)18(13)3/h4-6,9H,7-8,15H2,1-3H3,(H,16,19). The van der Waals surface area contributed by atoms with Gasteiger partial charge in [0, 0.05) is 19.2 Å². The van der Waals surface area contributed by atoms with Crippen molar-refractivity contribution in [1.82, 2.24) is 14.9 Å². The van der Waals surface area contributed by atoms with Crippen molar-refractivity contribution in [3.63, 3.8) is 0 Å². The molecule has 2 aromatic rings. The summed E-state index contributed by atoms with van der Waals surface area (Å²) in [7, 11) is 1.97. The summed E-state index contributed by atoms with van der Waals surface area (Å²) in [4.78, 5) is 16.4. The van der Waals surface area contributed by atoms with Gasteiger partial charge in [-0.3, -0.25) is 4.79 Å². The topological polar surface area (TPSA) is 72.9 Å². The zero-order chi connectivity index (χ0) is 14.0. The number of aromatic nitrogens is 2. The molecule has 5 heteroatoms. The normalized spacial score (nSPS) is 12.6. The Morgan fingerprint density at radius 3 is 2.95 bits per heavy atom. The van der Waals surface area contributed by atoms with E-state index in [0.29, 0.717) is 18.7 Å². The molecule has 1 atom stereocenters. The fourth-order valence-electron chi connectivity index (χ4n) is 1.91. The fourth-order valence-corrected chi connectivity index (χ4v) is 1.91. The van der Waals surface area contributed by atoms with E-state index in [1.165, 1.54) is 0 Å². The molecule has 0 aliphatic carbocycles. The van der Waals surface area contributed by atoms with Crippen LogP contribution in [-0.4, -0.2) is 28.5 Å². The van der Waals surface area contributed by atoms with Gasteiger partial charge < -0.3 is 15.6 Å². The molecule has 19 heavy (non-hydrogen) atoms. The summed E-state index contributed by atoms with van der Waals surface area (Å²) >= 11 is 0. The Morgan fingerprint density at radius 2 is 2.26 bits per heavy atom. The van der Waals surface area contributed by atoms with E-state index in [1.54, 1.807) is 0 Å². The monoisotopic (exact) mass is 260 g/mol. The smallest absolute Gasteiger partial charge is 0.251 e. The molecular weight excluding hydrogens is 240 g/mol. The van der Waals surface area contributed by atoms with E-state index in [-0.39, 0.29) is 11.8 Å². The summed E-state index contributed by atoms with van der Waals surface area (Å²) in [6.07, 6.45) is 0. The highest BCUT2D eigenvalue weighted by molar-refractivity contribution is 5.97. The number of hydrogen-bond acceptors (Lipinski definition) is 3. The first kappa shape index (κ1) is 13.5. The Bertz CT molecular complexity index is 603. The van der Waals surface area contributed by atoms with Gasteiger partial charge in [-0.2, -0.15) is 0 Å². The van der Waals surface area contributed by atoms with Gasteiger partial charge in [0.1, 0.15) is 5.82 Å². The van der Waals surface area contributed by atoms with Crippen molar-refractivity contribution >= 4 is 16.9 Å². The third-order valence-electron chi connectivity index (χ3n) is 3.38. The van der Waals surface area contributed by atoms with Gasteiger partial charge in [-0.15, -0.1) is 0 Å². The largest absolute Gasteiger partial charge is 0.352 e. The van der Waals surface area contributed by atoms with E-state index in [2.05, 4.69) is 10.3 Å². The molecule has 2 rings (SSSR count). The van der Waals surface area contributed by atoms with E-state index in [4.69, 9.17) is 5.73 Å². The molecule has 3 N–H and O–H groups in total. The number of nitrogens with two attached hydrogens (primary N) is 1. The number of amides is 1. The Labute approximate surface area is 112 Å². The number of benzene rings is 1. The molecule has 0 spiro atoms. The van der Waals surface area contributed by atoms with Crippen LogP contribution >= 0.6 is 0 Å². The van der Waals surface area contributed by atoms with E-state index < -0.39 is 0 Å². The van der Waals surface area contributed by atoms with Crippen LogP contribution in [0.2, 0.25) is 0 Å². The molecule has 1 aromatic heterocycles. The van der Waals surface area contributed by atoms with Crippen molar-refractivity contribution in [3.8, 4) is 0 Å². The number of hydrogen-bond donors (Lipinski definition) is 2. The molecule has 0 aliphatic heterocycles. The molecule has 0 aliphatic rings. The maximum atomic E-state index is 12.0. The zero-order valence-corrected chi connectivity index (χ0v) is 11.6. The summed E-state index contributed by atoms with van der Waals surface area (Å²) in [5, 5.41) is 2.88. The summed E-state index contributed by atoms with van der Waals surface area (Å²) in [6.45, 7) is 5.11. The predicted molar refractivity (Wildman–Crippen MR) is 76.0 cm³/mol. The van der Waals surface area contributed by atoms with Gasteiger partial charge in [0.25, 0.3) is 5.91 Å². The second-order valence-corrected chi connectivity index (χ2v) is 4.97. The highest BCUT2D eigenvalue weighted by Gasteiger charge is 2.10. The van der Waals surface area contributed by atoms with E-state index in [0.717, 1.165) is 16.9 Å². The number of imidazole rings is 1. The SMILES string of the molecule is Cc1nc2cc(C(=O)NCC(C)CN)ccc2n1C. The Hall–Kier alpha value is -1.88. The van der Waals surface area contributed by atoms with Crippen molar-refractivity contribution in [2.45, 2.75) is 13.8 Å². The number of carbonyl (C=O) groups is 1. The minimum atomic E-state index is -0.0782. The minimum Gasteiger partial charge on any atom is -0.352 e. The minimum absolute atomic E-state index is 0.0782. The van der Waals surface area contributed by atoms with Crippen molar-refractivity contribution in [1.29, 1.82) is 0 Å². The Morgan fingerprint density at radius 1 is 1.53 bits per heavy atom. The van der Waals surface area contributed by atoms with Crippen LogP contribution < -0.4 is 11.1 Å². The molecule has 1 amide bonds. The summed E-state index contributed by atoms with van der Waals surface area (Å²) in [6, 6.07) is 5.58. The van der Waals surface area contributed by atoms with Crippen molar-refractivity contribution < 1.29 is 4.79 Å². The summed E-state index contributed by atoms with van der Waals surface area (Å²) in [5.74, 6) is 1.14. The van der Waals surface area contributed by atoms with Crippen molar-refractivity contribution in [2.24, 2.45) is 18.7 Å². The quantitative estimate of drug-likeness (QED) is 0.867. The van der Waals surface area contributed by atoms with Crippen LogP contribution in [0.25, 0.3) is 11.0 Å². The van der Waals surface area contributed by atoms with Crippen LogP contribution in [0.3, 0.4) is 0 Å². The average molecular weight is 260 g/mol. The van der Waals surface area contributed by atoms with Gasteiger partial charge in [-0.25, -0.2) is 4.98 Å². The maximum absolute atomic E-state index is 12.0. The highest BCUT2D eigenvalue weighted by atomic mass is 16.1. The number of nitrogens with zero attached hydrogens (tertiary/aromatic N) is 2. The lowest BCUT2D eigenvalue weighted by molar-refractivity contribution is 0.0948. The fraction of sp³-hybridized carbons (Fsp3) is 0.429. The lowest BCUT2D eigenvalue weighted by Gasteiger charge is -2.10. The van der Waals surface area contributed by atoms with Gasteiger partial charge in [0.2, 0.25) is 0 Å². The van der Waals surface area contributed by atoms with Crippen LogP contribution in [0.1, 0.15) is 23.1 Å². The highest BCUT2D eigenvalue weighted by Crippen LogP contribution is 2.16. The van der Waals surface area contributed by atoms with Gasteiger partial charge in [0.15, 0.2) is 0 Å². The average Bonchev–Trinajstić information content (AvgIpc) is 2.70. The lowest BCUT2D eigenvalue weighted by Crippen LogP contribution is -2.31. The van der Waals surface area contributed by atoms with E-state index in [1.807, 2.05) is 43.7 Å². The predicted octanol–water partition coefficient (Wildman–Crippen LogP) is 1.21.